The molecule has 4 heteroatoms. The number of benzene rings is 1. The predicted molar refractivity (Wildman–Crippen MR) is 75.3 cm³/mol. The lowest BCUT2D eigenvalue weighted by Gasteiger charge is -2.19. The van der Waals surface area contributed by atoms with Gasteiger partial charge in [0.1, 0.15) is 11.8 Å². The van der Waals surface area contributed by atoms with E-state index in [1.165, 1.54) is 7.11 Å². The summed E-state index contributed by atoms with van der Waals surface area (Å²) in [6.45, 7) is 6.61. The van der Waals surface area contributed by atoms with Gasteiger partial charge in [-0.05, 0) is 38.0 Å². The molecule has 1 unspecified atom stereocenters. The van der Waals surface area contributed by atoms with Gasteiger partial charge in [-0.2, -0.15) is 0 Å². The Kier molecular flexibility index (Phi) is 6.36. The second-order valence-corrected chi connectivity index (χ2v) is 4.55. The number of hydrogen-bond acceptors (Lipinski definition) is 4. The van der Waals surface area contributed by atoms with Crippen molar-refractivity contribution in [3.63, 3.8) is 0 Å². The van der Waals surface area contributed by atoms with Gasteiger partial charge >= 0.3 is 5.97 Å². The molecular formula is C15H23NO3. The number of hydrogen-bond donors (Lipinski definition) is 1. The van der Waals surface area contributed by atoms with Gasteiger partial charge in [0.05, 0.1) is 13.7 Å². The molecule has 0 amide bonds. The van der Waals surface area contributed by atoms with Crippen LogP contribution in [0.1, 0.15) is 38.8 Å². The summed E-state index contributed by atoms with van der Waals surface area (Å²) in [6, 6.07) is 7.67. The van der Waals surface area contributed by atoms with Gasteiger partial charge in [0.15, 0.2) is 0 Å². The lowest BCUT2D eigenvalue weighted by molar-refractivity contribution is -0.142. The second-order valence-electron chi connectivity index (χ2n) is 4.55. The molecule has 1 N–H and O–H groups in total. The molecule has 106 valence electrons. The summed E-state index contributed by atoms with van der Waals surface area (Å²) in [5.41, 5.74) is 1.11. The summed E-state index contributed by atoms with van der Waals surface area (Å²) in [6.07, 6.45) is 0.996. The van der Waals surface area contributed by atoms with E-state index >= 15 is 0 Å². The van der Waals surface area contributed by atoms with E-state index in [1.54, 1.807) is 6.92 Å². The Labute approximate surface area is 115 Å². The van der Waals surface area contributed by atoms with Gasteiger partial charge in [-0.1, -0.05) is 19.1 Å². The van der Waals surface area contributed by atoms with Crippen LogP contribution in [0.5, 0.6) is 5.75 Å². The Balaban J connectivity index is 2.57. The molecule has 1 rings (SSSR count). The summed E-state index contributed by atoms with van der Waals surface area (Å²) in [5.74, 6) is 0.619. The van der Waals surface area contributed by atoms with Crippen LogP contribution in [0.25, 0.3) is 0 Å². The number of nitrogens with one attached hydrogen (secondary N) is 1. The van der Waals surface area contributed by atoms with Crippen LogP contribution in [0.15, 0.2) is 24.3 Å². The molecule has 0 heterocycles. The fraction of sp³-hybridized carbons (Fsp3) is 0.533. The van der Waals surface area contributed by atoms with E-state index in [2.05, 4.69) is 12.2 Å². The molecule has 0 aromatic heterocycles. The minimum absolute atomic E-state index is 0.0781. The van der Waals surface area contributed by atoms with Crippen LogP contribution in [-0.4, -0.2) is 25.7 Å². The molecule has 1 aromatic rings. The summed E-state index contributed by atoms with van der Waals surface area (Å²) in [5, 5.41) is 3.19. The molecule has 0 aliphatic rings. The molecule has 0 saturated heterocycles. The maximum Gasteiger partial charge on any atom is 0.322 e. The maximum atomic E-state index is 11.3. The van der Waals surface area contributed by atoms with Crippen LogP contribution < -0.4 is 10.1 Å². The summed E-state index contributed by atoms with van der Waals surface area (Å²) >= 11 is 0. The fourth-order valence-corrected chi connectivity index (χ4v) is 1.79. The third-order valence-electron chi connectivity index (χ3n) is 2.91. The highest BCUT2D eigenvalue weighted by Crippen LogP contribution is 2.18. The molecule has 0 aliphatic heterocycles. The van der Waals surface area contributed by atoms with E-state index in [0.29, 0.717) is 0 Å². The SMILES string of the molecule is CCCOc1ccc(C(C)N[C@@H](C)C(=O)OC)cc1. The molecule has 4 nitrogen and oxygen atoms in total. The Morgan fingerprint density at radius 1 is 1.26 bits per heavy atom. The Hall–Kier alpha value is -1.55. The van der Waals surface area contributed by atoms with Crippen molar-refractivity contribution in [3.8, 4) is 5.75 Å². The summed E-state index contributed by atoms with van der Waals surface area (Å²) < 4.78 is 10.2. The molecule has 0 fully saturated rings. The monoisotopic (exact) mass is 265 g/mol. The molecule has 1 aromatic carbocycles. The predicted octanol–water partition coefficient (Wildman–Crippen LogP) is 2.69. The number of carbonyl (C=O) groups excluding carboxylic acids is 1. The van der Waals surface area contributed by atoms with Gasteiger partial charge in [-0.15, -0.1) is 0 Å². The molecule has 0 spiro atoms. The van der Waals surface area contributed by atoms with Crippen LogP contribution in [0, 0.1) is 0 Å². The van der Waals surface area contributed by atoms with Crippen molar-refractivity contribution in [1.29, 1.82) is 0 Å². The molecule has 0 radical (unpaired) electrons. The summed E-state index contributed by atoms with van der Waals surface area (Å²) in [4.78, 5) is 11.3. The van der Waals surface area contributed by atoms with Gasteiger partial charge in [0.2, 0.25) is 0 Å². The topological polar surface area (TPSA) is 47.6 Å². The zero-order valence-corrected chi connectivity index (χ0v) is 12.1. The molecule has 19 heavy (non-hydrogen) atoms. The van der Waals surface area contributed by atoms with Gasteiger partial charge in [-0.3, -0.25) is 10.1 Å². The van der Waals surface area contributed by atoms with Crippen molar-refractivity contribution in [2.75, 3.05) is 13.7 Å². The van der Waals surface area contributed by atoms with Gasteiger partial charge < -0.3 is 9.47 Å². The first kappa shape index (κ1) is 15.5. The van der Waals surface area contributed by atoms with Crippen molar-refractivity contribution < 1.29 is 14.3 Å². The average molecular weight is 265 g/mol. The number of methoxy groups -OCH3 is 1. The number of esters is 1. The highest BCUT2D eigenvalue weighted by molar-refractivity contribution is 5.75. The highest BCUT2D eigenvalue weighted by atomic mass is 16.5. The molecule has 0 bridgehead atoms. The molecule has 2 atom stereocenters. The minimum Gasteiger partial charge on any atom is -0.494 e. The van der Waals surface area contributed by atoms with Gasteiger partial charge in [-0.25, -0.2) is 0 Å². The summed E-state index contributed by atoms with van der Waals surface area (Å²) in [7, 11) is 1.39. The van der Waals surface area contributed by atoms with Crippen molar-refractivity contribution in [1.82, 2.24) is 5.32 Å². The smallest absolute Gasteiger partial charge is 0.322 e. The quantitative estimate of drug-likeness (QED) is 0.770. The third kappa shape index (κ3) is 4.91. The molecule has 0 saturated carbocycles. The van der Waals surface area contributed by atoms with Gasteiger partial charge in [0, 0.05) is 6.04 Å². The number of carbonyl (C=O) groups is 1. The second kappa shape index (κ2) is 7.79. The van der Waals surface area contributed by atoms with E-state index in [-0.39, 0.29) is 18.1 Å². The molecule has 0 aliphatic carbocycles. The van der Waals surface area contributed by atoms with Crippen LogP contribution in [0.3, 0.4) is 0 Å². The Morgan fingerprint density at radius 2 is 1.89 bits per heavy atom. The standard InChI is InChI=1S/C15H23NO3/c1-5-10-19-14-8-6-13(7-9-14)11(2)16-12(3)15(17)18-4/h6-9,11-12,16H,5,10H2,1-4H3/t11?,12-/m0/s1. The van der Waals surface area contributed by atoms with E-state index < -0.39 is 0 Å². The maximum absolute atomic E-state index is 11.3. The largest absolute Gasteiger partial charge is 0.494 e. The normalized spacial score (nSPS) is 13.7. The first-order valence-electron chi connectivity index (χ1n) is 6.65. The minimum atomic E-state index is -0.323. The van der Waals surface area contributed by atoms with Crippen molar-refractivity contribution in [3.05, 3.63) is 29.8 Å². The number of ether oxygens (including phenoxy) is 2. The first-order valence-corrected chi connectivity index (χ1v) is 6.65. The van der Waals surface area contributed by atoms with E-state index in [4.69, 9.17) is 9.47 Å². The van der Waals surface area contributed by atoms with Crippen molar-refractivity contribution in [2.24, 2.45) is 0 Å². The fourth-order valence-electron chi connectivity index (χ4n) is 1.79. The third-order valence-corrected chi connectivity index (χ3v) is 2.91. The zero-order chi connectivity index (χ0) is 14.3. The van der Waals surface area contributed by atoms with E-state index in [9.17, 15) is 4.79 Å². The van der Waals surface area contributed by atoms with E-state index in [0.717, 1.165) is 24.3 Å². The Bertz CT molecular complexity index is 389. The van der Waals surface area contributed by atoms with Gasteiger partial charge in [0.25, 0.3) is 0 Å². The van der Waals surface area contributed by atoms with Crippen molar-refractivity contribution in [2.45, 2.75) is 39.3 Å². The van der Waals surface area contributed by atoms with Crippen LogP contribution in [-0.2, 0) is 9.53 Å². The average Bonchev–Trinajstić information content (AvgIpc) is 2.44. The van der Waals surface area contributed by atoms with Crippen LogP contribution in [0.4, 0.5) is 0 Å². The first-order chi connectivity index (χ1) is 9.08. The zero-order valence-electron chi connectivity index (χ0n) is 12.1. The van der Waals surface area contributed by atoms with E-state index in [1.807, 2.05) is 31.2 Å². The van der Waals surface area contributed by atoms with Crippen LogP contribution >= 0.6 is 0 Å². The van der Waals surface area contributed by atoms with Crippen molar-refractivity contribution >= 4 is 5.97 Å². The highest BCUT2D eigenvalue weighted by Gasteiger charge is 2.16. The molecular weight excluding hydrogens is 242 g/mol. The lowest BCUT2D eigenvalue weighted by Crippen LogP contribution is -2.36. The number of rotatable bonds is 7. The lowest BCUT2D eigenvalue weighted by atomic mass is 10.1. The van der Waals surface area contributed by atoms with Crippen LogP contribution in [0.2, 0.25) is 0 Å². The Morgan fingerprint density at radius 3 is 2.42 bits per heavy atom.